The fraction of sp³-hybridized carbons (Fsp3) is 0.433. The van der Waals surface area contributed by atoms with Crippen LogP contribution in [0.3, 0.4) is 0 Å². The van der Waals surface area contributed by atoms with E-state index >= 15 is 0 Å². The number of carbonyl (C=O) groups is 1. The molecule has 3 aromatic rings. The van der Waals surface area contributed by atoms with E-state index in [1.54, 1.807) is 23.7 Å². The average Bonchev–Trinajstić information content (AvgIpc) is 3.33. The number of fused-ring (bicyclic) bond motifs is 3. The van der Waals surface area contributed by atoms with E-state index in [0.717, 1.165) is 31.6 Å². The highest BCUT2D eigenvalue weighted by Gasteiger charge is 2.46. The Morgan fingerprint density at radius 1 is 1.24 bits per heavy atom. The van der Waals surface area contributed by atoms with Crippen LogP contribution in [-0.2, 0) is 19.6 Å². The fourth-order valence-electron chi connectivity index (χ4n) is 6.49. The summed E-state index contributed by atoms with van der Waals surface area (Å²) in [6.07, 6.45) is -0.165. The van der Waals surface area contributed by atoms with E-state index in [4.69, 9.17) is 5.26 Å². The van der Waals surface area contributed by atoms with Gasteiger partial charge in [0.15, 0.2) is 5.78 Å². The van der Waals surface area contributed by atoms with E-state index in [1.165, 1.54) is 18.3 Å². The van der Waals surface area contributed by atoms with E-state index in [9.17, 15) is 18.0 Å². The standard InChI is InChI=1S/C30H31F3N4O/c1-17(2)18(3)37-14-21-8-9-22(15-37)26(21)24-16-36(4)29-27(24)28(30(31,32)33)23(13-35-29)11-25(38)20-7-5-6-19(10-20)12-34/h5-7,10,13,16-17,21-22,26H,3,8-9,11,14-15H2,1-2,4H3/t21-,22+,26?. The van der Waals surface area contributed by atoms with Gasteiger partial charge in [-0.05, 0) is 59.8 Å². The topological polar surface area (TPSA) is 61.9 Å². The Hall–Kier alpha value is -3.60. The molecule has 3 heterocycles. The lowest BCUT2D eigenvalue weighted by Gasteiger charge is -2.41. The first kappa shape index (κ1) is 26.0. The van der Waals surface area contributed by atoms with Crippen molar-refractivity contribution >= 4 is 16.8 Å². The van der Waals surface area contributed by atoms with Crippen molar-refractivity contribution < 1.29 is 18.0 Å². The third-order valence-electron chi connectivity index (χ3n) is 8.31. The van der Waals surface area contributed by atoms with E-state index in [2.05, 4.69) is 30.3 Å². The van der Waals surface area contributed by atoms with Gasteiger partial charge in [0.05, 0.1) is 17.2 Å². The lowest BCUT2D eigenvalue weighted by Crippen LogP contribution is -2.41. The summed E-state index contributed by atoms with van der Waals surface area (Å²) in [5.74, 6) is 0.297. The first-order chi connectivity index (χ1) is 18.0. The molecule has 1 aliphatic heterocycles. The zero-order valence-corrected chi connectivity index (χ0v) is 21.8. The van der Waals surface area contributed by atoms with Gasteiger partial charge in [-0.1, -0.05) is 32.6 Å². The molecule has 1 aromatic carbocycles. The summed E-state index contributed by atoms with van der Waals surface area (Å²) in [7, 11) is 1.73. The van der Waals surface area contributed by atoms with Crippen LogP contribution in [0.15, 0.2) is 48.9 Å². The molecule has 1 saturated carbocycles. The number of allylic oxidation sites excluding steroid dienone is 1. The van der Waals surface area contributed by atoms with Gasteiger partial charge in [0, 0.05) is 55.6 Å². The van der Waals surface area contributed by atoms with Crippen LogP contribution in [0.5, 0.6) is 0 Å². The molecule has 2 aromatic heterocycles. The Morgan fingerprint density at radius 2 is 1.92 bits per heavy atom. The number of nitrogens with zero attached hydrogens (tertiary/aromatic N) is 4. The third-order valence-corrected chi connectivity index (χ3v) is 8.31. The van der Waals surface area contributed by atoms with Gasteiger partial charge < -0.3 is 9.47 Å². The van der Waals surface area contributed by atoms with Crippen molar-refractivity contribution in [3.63, 3.8) is 0 Å². The summed E-state index contributed by atoms with van der Waals surface area (Å²) in [5, 5.41) is 9.27. The quantitative estimate of drug-likeness (QED) is 0.349. The highest BCUT2D eigenvalue weighted by atomic mass is 19.4. The van der Waals surface area contributed by atoms with Gasteiger partial charge in [-0.2, -0.15) is 18.4 Å². The molecule has 198 valence electrons. The highest BCUT2D eigenvalue weighted by molar-refractivity contribution is 5.99. The number of halogens is 3. The smallest absolute Gasteiger partial charge is 0.374 e. The van der Waals surface area contributed by atoms with E-state index in [0.29, 0.717) is 11.5 Å². The van der Waals surface area contributed by atoms with Crippen molar-refractivity contribution in [1.29, 1.82) is 5.26 Å². The van der Waals surface area contributed by atoms with Crippen LogP contribution in [-0.4, -0.2) is 33.3 Å². The molecule has 38 heavy (non-hydrogen) atoms. The highest BCUT2D eigenvalue weighted by Crippen LogP contribution is 2.52. The number of aromatic nitrogens is 2. The molecule has 5 rings (SSSR count). The summed E-state index contributed by atoms with van der Waals surface area (Å²) in [5.41, 5.74) is 1.64. The Labute approximate surface area is 220 Å². The molecule has 5 nitrogen and oxygen atoms in total. The van der Waals surface area contributed by atoms with Crippen LogP contribution < -0.4 is 0 Å². The predicted octanol–water partition coefficient (Wildman–Crippen LogP) is 6.48. The molecule has 0 N–H and O–H groups in total. The maximum atomic E-state index is 14.8. The molecule has 1 aliphatic carbocycles. The number of piperidine rings is 1. The first-order valence-electron chi connectivity index (χ1n) is 13.0. The van der Waals surface area contributed by atoms with Crippen molar-refractivity contribution in [1.82, 2.24) is 14.5 Å². The summed E-state index contributed by atoms with van der Waals surface area (Å²) < 4.78 is 46.0. The van der Waals surface area contributed by atoms with Crippen LogP contribution in [0.2, 0.25) is 0 Å². The van der Waals surface area contributed by atoms with Gasteiger partial charge in [-0.3, -0.25) is 4.79 Å². The molecule has 1 saturated heterocycles. The number of pyridine rings is 1. The number of hydrogen-bond donors (Lipinski definition) is 0. The van der Waals surface area contributed by atoms with Crippen molar-refractivity contribution in [3.05, 3.63) is 76.8 Å². The Morgan fingerprint density at radius 3 is 2.53 bits per heavy atom. The Kier molecular flexibility index (Phi) is 6.58. The summed E-state index contributed by atoms with van der Waals surface area (Å²) in [4.78, 5) is 19.8. The maximum Gasteiger partial charge on any atom is 0.417 e. The molecular formula is C30H31F3N4O. The summed E-state index contributed by atoms with van der Waals surface area (Å²) in [6, 6.07) is 8.01. The van der Waals surface area contributed by atoms with Gasteiger partial charge in [0.25, 0.3) is 0 Å². The van der Waals surface area contributed by atoms with E-state index in [1.807, 2.05) is 12.3 Å². The van der Waals surface area contributed by atoms with Gasteiger partial charge >= 0.3 is 6.18 Å². The Bertz CT molecular complexity index is 1450. The second-order valence-corrected chi connectivity index (χ2v) is 11.0. The summed E-state index contributed by atoms with van der Waals surface area (Å²) >= 11 is 0. The van der Waals surface area contributed by atoms with Crippen LogP contribution in [0.4, 0.5) is 13.2 Å². The molecule has 8 heteroatoms. The zero-order chi connectivity index (χ0) is 27.4. The summed E-state index contributed by atoms with van der Waals surface area (Å²) in [6.45, 7) is 10.1. The number of aryl methyl sites for hydroxylation is 1. The molecule has 2 fully saturated rings. The minimum absolute atomic E-state index is 0.00364. The van der Waals surface area contributed by atoms with Gasteiger partial charge in [0.1, 0.15) is 5.65 Å². The molecule has 1 unspecified atom stereocenters. The SMILES string of the molecule is C=C(C(C)C)N1C[C@H]2CC[C@@H](C1)C2c1cn(C)c2ncc(CC(=O)c3cccc(C#N)c3)c(C(F)(F)F)c12. The maximum absolute atomic E-state index is 14.8. The number of alkyl halides is 3. The second-order valence-electron chi connectivity index (χ2n) is 11.0. The van der Waals surface area contributed by atoms with Crippen LogP contribution in [0.25, 0.3) is 11.0 Å². The van der Waals surface area contributed by atoms with Crippen molar-refractivity contribution in [3.8, 4) is 6.07 Å². The van der Waals surface area contributed by atoms with Crippen molar-refractivity contribution in [2.24, 2.45) is 24.8 Å². The zero-order valence-electron chi connectivity index (χ0n) is 21.8. The number of benzene rings is 1. The third kappa shape index (κ3) is 4.48. The molecule has 2 aliphatic rings. The fourth-order valence-corrected chi connectivity index (χ4v) is 6.49. The largest absolute Gasteiger partial charge is 0.417 e. The molecule has 3 atom stereocenters. The average molecular weight is 521 g/mol. The van der Waals surface area contributed by atoms with Crippen molar-refractivity contribution in [2.45, 2.75) is 45.2 Å². The lowest BCUT2D eigenvalue weighted by atomic mass is 9.78. The number of ketones is 1. The van der Waals surface area contributed by atoms with Gasteiger partial charge in [-0.15, -0.1) is 0 Å². The van der Waals surface area contributed by atoms with E-state index in [-0.39, 0.29) is 45.5 Å². The minimum atomic E-state index is -4.66. The predicted molar refractivity (Wildman–Crippen MR) is 139 cm³/mol. The monoisotopic (exact) mass is 520 g/mol. The number of rotatable bonds is 6. The number of likely N-dealkylation sites (tertiary alicyclic amines) is 1. The first-order valence-corrected chi connectivity index (χ1v) is 13.0. The number of hydrogen-bond acceptors (Lipinski definition) is 4. The normalized spacial score (nSPS) is 21.2. The van der Waals surface area contributed by atoms with Gasteiger partial charge in [0.2, 0.25) is 0 Å². The number of carbonyl (C=O) groups excluding carboxylic acids is 1. The number of nitriles is 1. The van der Waals surface area contributed by atoms with Crippen LogP contribution >= 0.6 is 0 Å². The van der Waals surface area contributed by atoms with Crippen LogP contribution in [0, 0.1) is 29.1 Å². The number of Topliss-reactive ketones (excluding diaryl/α,β-unsaturated/α-hetero) is 1. The molecule has 2 bridgehead atoms. The van der Waals surface area contributed by atoms with E-state index < -0.39 is 23.9 Å². The molecule has 0 amide bonds. The lowest BCUT2D eigenvalue weighted by molar-refractivity contribution is -0.136. The molecule has 0 radical (unpaired) electrons. The van der Waals surface area contributed by atoms with Crippen molar-refractivity contribution in [2.75, 3.05) is 13.1 Å². The molecular weight excluding hydrogens is 489 g/mol. The van der Waals surface area contributed by atoms with Gasteiger partial charge in [-0.25, -0.2) is 4.98 Å². The second kappa shape index (κ2) is 9.61. The minimum Gasteiger partial charge on any atom is -0.374 e. The Balaban J connectivity index is 1.58. The van der Waals surface area contributed by atoms with Crippen LogP contribution in [0.1, 0.15) is 65.2 Å². The molecule has 0 spiro atoms.